The predicted octanol–water partition coefficient (Wildman–Crippen LogP) is 2.14. The summed E-state index contributed by atoms with van der Waals surface area (Å²) in [5.74, 6) is 0.469. The lowest BCUT2D eigenvalue weighted by Crippen LogP contribution is -2.41. The Bertz CT molecular complexity index is 647. The Morgan fingerprint density at radius 3 is 2.59 bits per heavy atom. The minimum Gasteiger partial charge on any atom is -0.370 e. The summed E-state index contributed by atoms with van der Waals surface area (Å²) in [5, 5.41) is 3.27. The molecule has 3 N–H and O–H groups in total. The van der Waals surface area contributed by atoms with Gasteiger partial charge in [-0.3, -0.25) is 0 Å². The Morgan fingerprint density at radius 1 is 1.32 bits per heavy atom. The second-order valence-corrected chi connectivity index (χ2v) is 8.04. The van der Waals surface area contributed by atoms with Crippen LogP contribution in [0.15, 0.2) is 28.1 Å². The van der Waals surface area contributed by atoms with Crippen LogP contribution in [0.25, 0.3) is 0 Å². The molecule has 0 spiro atoms. The van der Waals surface area contributed by atoms with E-state index in [2.05, 4.69) is 10.3 Å². The van der Waals surface area contributed by atoms with Crippen LogP contribution < -0.4 is 11.1 Å². The molecule has 0 aromatic heterocycles. The Labute approximate surface area is 132 Å². The quantitative estimate of drug-likeness (QED) is 0.657. The van der Waals surface area contributed by atoms with Crippen LogP contribution in [0.3, 0.4) is 0 Å². The molecule has 1 fully saturated rings. The molecule has 0 atom stereocenters. The molecular weight excluding hydrogens is 298 g/mol. The molecule has 1 aromatic carbocycles. The summed E-state index contributed by atoms with van der Waals surface area (Å²) in [6.45, 7) is 2.25. The molecule has 22 heavy (non-hydrogen) atoms. The zero-order chi connectivity index (χ0) is 16.2. The second kappa shape index (κ2) is 7.13. The number of sulfone groups is 1. The van der Waals surface area contributed by atoms with Gasteiger partial charge in [0.1, 0.15) is 0 Å². The summed E-state index contributed by atoms with van der Waals surface area (Å²) in [4.78, 5) is 4.72. The van der Waals surface area contributed by atoms with E-state index in [0.29, 0.717) is 23.4 Å². The normalized spacial score (nSPS) is 17.5. The van der Waals surface area contributed by atoms with Crippen molar-refractivity contribution in [3.05, 3.63) is 29.3 Å². The van der Waals surface area contributed by atoms with Gasteiger partial charge in [-0.2, -0.15) is 0 Å². The first-order valence-corrected chi connectivity index (χ1v) is 9.61. The first-order chi connectivity index (χ1) is 10.4. The zero-order valence-electron chi connectivity index (χ0n) is 13.3. The first kappa shape index (κ1) is 16.8. The number of hydrogen-bond donors (Lipinski definition) is 2. The molecule has 1 saturated carbocycles. The predicted molar refractivity (Wildman–Crippen MR) is 89.6 cm³/mol. The van der Waals surface area contributed by atoms with E-state index in [9.17, 15) is 8.42 Å². The average Bonchev–Trinajstić information content (AvgIpc) is 2.45. The SMILES string of the molecule is Cc1cc(CN=C(N)NC2CCCCC2)ccc1S(C)(=O)=O. The van der Waals surface area contributed by atoms with Crippen molar-refractivity contribution in [1.82, 2.24) is 5.32 Å². The number of rotatable bonds is 4. The van der Waals surface area contributed by atoms with E-state index >= 15 is 0 Å². The van der Waals surface area contributed by atoms with Gasteiger partial charge in [-0.15, -0.1) is 0 Å². The third kappa shape index (κ3) is 4.73. The van der Waals surface area contributed by atoms with Crippen LogP contribution >= 0.6 is 0 Å². The van der Waals surface area contributed by atoms with Gasteiger partial charge in [-0.25, -0.2) is 13.4 Å². The highest BCUT2D eigenvalue weighted by Crippen LogP contribution is 2.18. The van der Waals surface area contributed by atoms with E-state index in [1.807, 2.05) is 6.07 Å². The molecule has 0 saturated heterocycles. The fourth-order valence-electron chi connectivity index (χ4n) is 2.90. The topological polar surface area (TPSA) is 84.5 Å². The minimum absolute atomic E-state index is 0.369. The molecule has 6 heteroatoms. The Hall–Kier alpha value is -1.56. The molecule has 1 aliphatic rings. The van der Waals surface area contributed by atoms with Gasteiger partial charge in [0, 0.05) is 12.3 Å². The van der Waals surface area contributed by atoms with Crippen LogP contribution in [0.1, 0.15) is 43.2 Å². The molecule has 1 aliphatic carbocycles. The van der Waals surface area contributed by atoms with Crippen LogP contribution in [0.2, 0.25) is 0 Å². The van der Waals surface area contributed by atoms with Crippen LogP contribution in [-0.4, -0.2) is 26.7 Å². The van der Waals surface area contributed by atoms with Crippen molar-refractivity contribution in [2.45, 2.75) is 56.5 Å². The maximum Gasteiger partial charge on any atom is 0.189 e. The average molecular weight is 323 g/mol. The summed E-state index contributed by atoms with van der Waals surface area (Å²) < 4.78 is 23.2. The van der Waals surface area contributed by atoms with Crippen molar-refractivity contribution in [2.24, 2.45) is 10.7 Å². The molecule has 122 valence electrons. The summed E-state index contributed by atoms with van der Waals surface area (Å²) in [6, 6.07) is 5.72. The Kier molecular flexibility index (Phi) is 5.45. The lowest BCUT2D eigenvalue weighted by Gasteiger charge is -2.23. The van der Waals surface area contributed by atoms with E-state index < -0.39 is 9.84 Å². The highest BCUT2D eigenvalue weighted by Gasteiger charge is 2.13. The Balaban J connectivity index is 1.98. The largest absolute Gasteiger partial charge is 0.370 e. The molecular formula is C16H25N3O2S. The molecule has 1 aromatic rings. The Morgan fingerprint density at radius 2 is 2.00 bits per heavy atom. The number of nitrogens with one attached hydrogen (secondary N) is 1. The molecule has 0 amide bonds. The molecule has 0 bridgehead atoms. The zero-order valence-corrected chi connectivity index (χ0v) is 14.1. The van der Waals surface area contributed by atoms with Crippen LogP contribution in [-0.2, 0) is 16.4 Å². The number of nitrogens with two attached hydrogens (primary N) is 1. The molecule has 0 radical (unpaired) electrons. The third-order valence-corrected chi connectivity index (χ3v) is 5.28. The molecule has 2 rings (SSSR count). The van der Waals surface area contributed by atoms with Crippen molar-refractivity contribution >= 4 is 15.8 Å². The number of nitrogens with zero attached hydrogens (tertiary/aromatic N) is 1. The van der Waals surface area contributed by atoms with Gasteiger partial charge in [0.15, 0.2) is 15.8 Å². The number of aliphatic imine (C=N–C) groups is 1. The second-order valence-electron chi connectivity index (χ2n) is 6.05. The standard InChI is InChI=1S/C16H25N3O2S/c1-12-10-13(8-9-15(12)22(2,20)21)11-18-16(17)19-14-6-4-3-5-7-14/h8-10,14H,3-7,11H2,1-2H3,(H3,17,18,19). The van der Waals surface area contributed by atoms with Crippen LogP contribution in [0.4, 0.5) is 0 Å². The van der Waals surface area contributed by atoms with Crippen LogP contribution in [0, 0.1) is 6.92 Å². The minimum atomic E-state index is -3.17. The van der Waals surface area contributed by atoms with Crippen LogP contribution in [0.5, 0.6) is 0 Å². The fraction of sp³-hybridized carbons (Fsp3) is 0.562. The summed E-state index contributed by atoms with van der Waals surface area (Å²) >= 11 is 0. The summed E-state index contributed by atoms with van der Waals surface area (Å²) in [7, 11) is -3.17. The molecule has 0 heterocycles. The molecule has 5 nitrogen and oxygen atoms in total. The van der Waals surface area contributed by atoms with Gasteiger partial charge in [-0.1, -0.05) is 31.4 Å². The van der Waals surface area contributed by atoms with E-state index in [-0.39, 0.29) is 0 Å². The number of benzene rings is 1. The van der Waals surface area contributed by atoms with Gasteiger partial charge in [0.2, 0.25) is 0 Å². The highest BCUT2D eigenvalue weighted by molar-refractivity contribution is 7.90. The van der Waals surface area contributed by atoms with Crippen molar-refractivity contribution < 1.29 is 8.42 Å². The van der Waals surface area contributed by atoms with Gasteiger partial charge in [0.05, 0.1) is 11.4 Å². The maximum atomic E-state index is 11.6. The number of guanidine groups is 1. The summed E-state index contributed by atoms with van der Waals surface area (Å²) in [5.41, 5.74) is 7.63. The lowest BCUT2D eigenvalue weighted by atomic mass is 9.96. The van der Waals surface area contributed by atoms with E-state index in [0.717, 1.165) is 24.0 Å². The summed E-state index contributed by atoms with van der Waals surface area (Å²) in [6.07, 6.45) is 7.32. The van der Waals surface area contributed by atoms with Crippen molar-refractivity contribution in [3.8, 4) is 0 Å². The van der Waals surface area contributed by atoms with E-state index in [4.69, 9.17) is 5.73 Å². The van der Waals surface area contributed by atoms with Crippen molar-refractivity contribution in [2.75, 3.05) is 6.26 Å². The van der Waals surface area contributed by atoms with Crippen molar-refractivity contribution in [1.29, 1.82) is 0 Å². The first-order valence-electron chi connectivity index (χ1n) is 7.72. The maximum absolute atomic E-state index is 11.6. The third-order valence-electron chi connectivity index (χ3n) is 4.03. The van der Waals surface area contributed by atoms with Gasteiger partial charge in [0.25, 0.3) is 0 Å². The monoisotopic (exact) mass is 323 g/mol. The lowest BCUT2D eigenvalue weighted by molar-refractivity contribution is 0.412. The smallest absolute Gasteiger partial charge is 0.189 e. The van der Waals surface area contributed by atoms with Crippen molar-refractivity contribution in [3.63, 3.8) is 0 Å². The van der Waals surface area contributed by atoms with Gasteiger partial charge < -0.3 is 11.1 Å². The molecule has 0 unspecified atom stereocenters. The van der Waals surface area contributed by atoms with Gasteiger partial charge in [-0.05, 0) is 37.0 Å². The van der Waals surface area contributed by atoms with E-state index in [1.165, 1.54) is 25.5 Å². The number of aryl methyl sites for hydroxylation is 1. The fourth-order valence-corrected chi connectivity index (χ4v) is 3.86. The number of hydrogen-bond acceptors (Lipinski definition) is 3. The van der Waals surface area contributed by atoms with Gasteiger partial charge >= 0.3 is 0 Å². The van der Waals surface area contributed by atoms with E-state index in [1.54, 1.807) is 19.1 Å². The highest BCUT2D eigenvalue weighted by atomic mass is 32.2. The molecule has 0 aliphatic heterocycles.